The van der Waals surface area contributed by atoms with Crippen molar-refractivity contribution in [2.75, 3.05) is 16.8 Å². The highest BCUT2D eigenvalue weighted by molar-refractivity contribution is 7.13. The molecule has 2 aromatic carbocycles. The summed E-state index contributed by atoms with van der Waals surface area (Å²) in [6, 6.07) is 25.9. The molecule has 0 saturated heterocycles. The lowest BCUT2D eigenvalue weighted by Crippen LogP contribution is -2.32. The summed E-state index contributed by atoms with van der Waals surface area (Å²) >= 11 is 1.67. The zero-order valence-electron chi connectivity index (χ0n) is 33.1. The van der Waals surface area contributed by atoms with Gasteiger partial charge in [0.05, 0.1) is 35.0 Å². The highest BCUT2D eigenvalue weighted by Gasteiger charge is 2.23. The number of thiazole rings is 1. The molecule has 1 N–H and O–H groups in total. The lowest BCUT2D eigenvalue weighted by molar-refractivity contribution is 0.298. The number of oxazole rings is 1. The van der Waals surface area contributed by atoms with Gasteiger partial charge in [0.2, 0.25) is 17.7 Å². The maximum Gasteiger partial charge on any atom is 0.228 e. The quantitative estimate of drug-likeness (QED) is 0.139. The third kappa shape index (κ3) is 8.37. The van der Waals surface area contributed by atoms with E-state index in [1.54, 1.807) is 73.4 Å². The fourth-order valence-corrected chi connectivity index (χ4v) is 7.91. The number of aromatic nitrogens is 10. The fourth-order valence-electron chi connectivity index (χ4n) is 7.22. The van der Waals surface area contributed by atoms with Crippen LogP contribution in [0, 0.1) is 0 Å². The van der Waals surface area contributed by atoms with Gasteiger partial charge in [-0.3, -0.25) is 19.9 Å². The lowest BCUT2D eigenvalue weighted by Gasteiger charge is -2.30. The minimum Gasteiger partial charge on any atom is -0.472 e. The van der Waals surface area contributed by atoms with Gasteiger partial charge >= 0.3 is 0 Å². The summed E-state index contributed by atoms with van der Waals surface area (Å²) in [6.07, 6.45) is 20.0. The molecule has 62 heavy (non-hydrogen) atoms. The highest BCUT2D eigenvalue weighted by Crippen LogP contribution is 2.34. The molecule has 0 spiro atoms. The van der Waals surface area contributed by atoms with Gasteiger partial charge in [0, 0.05) is 90.5 Å². The lowest BCUT2D eigenvalue weighted by atomic mass is 9.95. The van der Waals surface area contributed by atoms with Gasteiger partial charge in [-0.1, -0.05) is 30.3 Å². The molecular weight excluding hydrogens is 797 g/mol. The second-order valence-electron chi connectivity index (χ2n) is 14.2. The minimum absolute atomic E-state index is 0.382. The van der Waals surface area contributed by atoms with E-state index in [1.165, 1.54) is 16.7 Å². The summed E-state index contributed by atoms with van der Waals surface area (Å²) in [7, 11) is 0. The number of ether oxygens (including phenoxy) is 1. The number of pyridine rings is 4. The summed E-state index contributed by atoms with van der Waals surface area (Å²) in [5, 5.41) is 8.34. The van der Waals surface area contributed by atoms with Gasteiger partial charge in [-0.2, -0.15) is 9.97 Å². The molecule has 0 aliphatic carbocycles. The maximum atomic E-state index is 6.03. The Labute approximate surface area is 359 Å². The Morgan fingerprint density at radius 3 is 2.24 bits per heavy atom. The normalized spacial score (nSPS) is 12.1. The molecule has 8 aromatic heterocycles. The van der Waals surface area contributed by atoms with E-state index < -0.39 is 0 Å². The Balaban J connectivity index is 0.000000149. The van der Waals surface area contributed by atoms with Crippen molar-refractivity contribution in [2.24, 2.45) is 0 Å². The third-order valence-electron chi connectivity index (χ3n) is 10.3. The zero-order chi connectivity index (χ0) is 41.5. The standard InChI is InChI=1S/C25H21N7S.C22H15N5O2/c1-2-18-7-12-32(16-21(18)19(3-1)24-28-11-13-33-24)25-30-22-15-27-10-6-20(22)23(31-25)29-14-17-4-8-26-9-5-17;1-2-16(12-17(3-1)21-25-10-11-28-21)20-26-19-13-24-9-6-18(19)22(27-20)29-14-15-4-7-23-8-5-15/h1-6,8-11,13,15H,7,12,14,16H2,(H,29,30,31);1-13H,14H2. The number of fused-ring (bicyclic) bond motifs is 3. The van der Waals surface area contributed by atoms with E-state index in [-0.39, 0.29) is 0 Å². The van der Waals surface area contributed by atoms with E-state index in [4.69, 9.17) is 19.1 Å². The molecule has 302 valence electrons. The first-order valence-electron chi connectivity index (χ1n) is 19.9. The second kappa shape index (κ2) is 17.7. The number of nitrogens with one attached hydrogen (secondary N) is 1. The van der Waals surface area contributed by atoms with Gasteiger partial charge < -0.3 is 19.4 Å². The number of nitrogens with zero attached hydrogens (tertiary/aromatic N) is 11. The Morgan fingerprint density at radius 1 is 0.694 bits per heavy atom. The number of hydrogen-bond donors (Lipinski definition) is 1. The SMILES string of the molecule is c1cc(-c2nc(OCc3ccncc3)c3ccncc3n2)cc(-c2ncco2)c1.c1cc2c(c(-c3nccs3)c1)CN(c1nc(NCc3ccncc3)c3ccncc3n1)CC2. The van der Waals surface area contributed by atoms with Gasteiger partial charge in [-0.15, -0.1) is 11.3 Å². The average molecular weight is 833 g/mol. The molecule has 14 nitrogen and oxygen atoms in total. The molecular formula is C47H36N12O2S. The first-order valence-corrected chi connectivity index (χ1v) is 20.7. The summed E-state index contributed by atoms with van der Waals surface area (Å²) < 4.78 is 11.4. The van der Waals surface area contributed by atoms with E-state index in [9.17, 15) is 0 Å². The van der Waals surface area contributed by atoms with Crippen molar-refractivity contribution in [1.82, 2.24) is 49.8 Å². The number of anilines is 2. The minimum atomic E-state index is 0.382. The number of benzene rings is 2. The Bertz CT molecular complexity index is 3080. The maximum absolute atomic E-state index is 6.03. The van der Waals surface area contributed by atoms with Crippen molar-refractivity contribution in [3.63, 3.8) is 0 Å². The molecule has 15 heteroatoms. The third-order valence-corrected chi connectivity index (χ3v) is 11.1. The van der Waals surface area contributed by atoms with Crippen LogP contribution in [0.15, 0.2) is 157 Å². The van der Waals surface area contributed by atoms with E-state index in [0.717, 1.165) is 68.9 Å². The van der Waals surface area contributed by atoms with Crippen molar-refractivity contribution in [3.05, 3.63) is 175 Å². The Morgan fingerprint density at radius 2 is 1.45 bits per heavy atom. The van der Waals surface area contributed by atoms with Crippen LogP contribution in [0.4, 0.5) is 11.8 Å². The van der Waals surface area contributed by atoms with Gasteiger partial charge in [0.15, 0.2) is 5.82 Å². The number of rotatable bonds is 10. The second-order valence-corrected chi connectivity index (χ2v) is 15.1. The van der Waals surface area contributed by atoms with Crippen LogP contribution in [0.5, 0.6) is 5.88 Å². The molecule has 0 bridgehead atoms. The van der Waals surface area contributed by atoms with Gasteiger partial charge in [-0.05, 0) is 77.2 Å². The average Bonchev–Trinajstić information content (AvgIpc) is 4.10. The van der Waals surface area contributed by atoms with Crippen LogP contribution in [0.3, 0.4) is 0 Å². The summed E-state index contributed by atoms with van der Waals surface area (Å²) in [5.74, 6) is 3.12. The van der Waals surface area contributed by atoms with Crippen LogP contribution in [0.2, 0.25) is 0 Å². The molecule has 1 aliphatic rings. The van der Waals surface area contributed by atoms with Crippen LogP contribution in [0.1, 0.15) is 22.3 Å². The van der Waals surface area contributed by atoms with Crippen molar-refractivity contribution in [3.8, 4) is 39.3 Å². The molecule has 0 radical (unpaired) electrons. The fraction of sp³-hybridized carbons (Fsp3) is 0.106. The molecule has 0 atom stereocenters. The van der Waals surface area contributed by atoms with Gasteiger partial charge in [0.1, 0.15) is 23.7 Å². The summed E-state index contributed by atoms with van der Waals surface area (Å²) in [4.78, 5) is 46.8. The van der Waals surface area contributed by atoms with Gasteiger partial charge in [0.25, 0.3) is 0 Å². The largest absolute Gasteiger partial charge is 0.472 e. The predicted molar refractivity (Wildman–Crippen MR) is 238 cm³/mol. The van der Waals surface area contributed by atoms with Crippen LogP contribution in [0.25, 0.3) is 55.2 Å². The van der Waals surface area contributed by atoms with Crippen LogP contribution in [-0.4, -0.2) is 56.4 Å². The molecule has 1 aliphatic heterocycles. The molecule has 0 fully saturated rings. The molecule has 0 amide bonds. The van der Waals surface area contributed by atoms with E-state index in [0.29, 0.717) is 42.2 Å². The van der Waals surface area contributed by atoms with Crippen LogP contribution >= 0.6 is 11.3 Å². The van der Waals surface area contributed by atoms with Gasteiger partial charge in [-0.25, -0.2) is 19.9 Å². The molecule has 10 aromatic rings. The topological polar surface area (TPSA) is 167 Å². The smallest absolute Gasteiger partial charge is 0.228 e. The predicted octanol–water partition coefficient (Wildman–Crippen LogP) is 9.04. The monoisotopic (exact) mass is 832 g/mol. The summed E-state index contributed by atoms with van der Waals surface area (Å²) in [5.41, 5.74) is 9.26. The Hall–Kier alpha value is -8.04. The van der Waals surface area contributed by atoms with Crippen molar-refractivity contribution < 1.29 is 9.15 Å². The van der Waals surface area contributed by atoms with Crippen LogP contribution < -0.4 is 15.0 Å². The van der Waals surface area contributed by atoms with E-state index >= 15 is 0 Å². The number of hydrogen-bond acceptors (Lipinski definition) is 15. The first-order chi connectivity index (χ1) is 30.7. The van der Waals surface area contributed by atoms with Crippen molar-refractivity contribution in [2.45, 2.75) is 26.1 Å². The zero-order valence-corrected chi connectivity index (χ0v) is 33.9. The first kappa shape index (κ1) is 38.2. The summed E-state index contributed by atoms with van der Waals surface area (Å²) in [6.45, 7) is 2.66. The van der Waals surface area contributed by atoms with Crippen LogP contribution in [-0.2, 0) is 26.1 Å². The van der Waals surface area contributed by atoms with Crippen molar-refractivity contribution >= 4 is 44.9 Å². The van der Waals surface area contributed by atoms with E-state index in [1.807, 2.05) is 72.2 Å². The highest BCUT2D eigenvalue weighted by atomic mass is 32.1. The van der Waals surface area contributed by atoms with Crippen molar-refractivity contribution in [1.29, 1.82) is 0 Å². The molecule has 9 heterocycles. The van der Waals surface area contributed by atoms with E-state index in [2.05, 4.69) is 68.3 Å². The molecule has 11 rings (SSSR count). The molecule has 0 unspecified atom stereocenters. The molecule has 0 saturated carbocycles. The Kier molecular flexibility index (Phi) is 10.9.